The summed E-state index contributed by atoms with van der Waals surface area (Å²) in [4.78, 5) is 0. The summed E-state index contributed by atoms with van der Waals surface area (Å²) in [5, 5.41) is 0. The Morgan fingerprint density at radius 1 is 1.00 bits per heavy atom. The second kappa shape index (κ2) is 8.76. The van der Waals surface area contributed by atoms with Gasteiger partial charge in [-0.05, 0) is 31.5 Å². The molecule has 1 atom stereocenters. The molecule has 20 heavy (non-hydrogen) atoms. The Morgan fingerprint density at radius 3 is 1.85 bits per heavy atom. The van der Waals surface area contributed by atoms with Gasteiger partial charge in [0.2, 0.25) is 0 Å². The first kappa shape index (κ1) is 16.7. The van der Waals surface area contributed by atoms with Crippen LogP contribution in [0.15, 0.2) is 18.2 Å². The lowest BCUT2D eigenvalue weighted by atomic mass is 10.1. The van der Waals surface area contributed by atoms with Gasteiger partial charge in [0.15, 0.2) is 6.29 Å². The van der Waals surface area contributed by atoms with Crippen LogP contribution in [0.2, 0.25) is 0 Å². The first-order chi connectivity index (χ1) is 9.69. The van der Waals surface area contributed by atoms with Crippen LogP contribution in [0, 0.1) is 0 Å². The Hall–Kier alpha value is -1.34. The van der Waals surface area contributed by atoms with Gasteiger partial charge in [0.05, 0.1) is 20.3 Å². The average Bonchev–Trinajstić information content (AvgIpc) is 2.48. The molecule has 0 amide bonds. The zero-order chi connectivity index (χ0) is 15.0. The Labute approximate surface area is 120 Å². The maximum absolute atomic E-state index is 5.66. The summed E-state index contributed by atoms with van der Waals surface area (Å²) in [5.74, 6) is 7.03. The van der Waals surface area contributed by atoms with E-state index in [1.807, 2.05) is 26.0 Å². The fourth-order valence-electron chi connectivity index (χ4n) is 1.91. The minimum atomic E-state index is -0.480. The van der Waals surface area contributed by atoms with Crippen LogP contribution in [0.25, 0.3) is 0 Å². The third-order valence-electron chi connectivity index (χ3n) is 2.85. The number of nitrogens with two attached hydrogens (primary N) is 1. The predicted octanol–water partition coefficient (Wildman–Crippen LogP) is 1.61. The van der Waals surface area contributed by atoms with Gasteiger partial charge in [-0.2, -0.15) is 0 Å². The molecule has 6 nitrogen and oxygen atoms in total. The van der Waals surface area contributed by atoms with Crippen molar-refractivity contribution in [2.45, 2.75) is 26.2 Å². The molecular formula is C14H24N2O4. The molecule has 114 valence electrons. The summed E-state index contributed by atoms with van der Waals surface area (Å²) in [7, 11) is 3.21. The van der Waals surface area contributed by atoms with Gasteiger partial charge >= 0.3 is 0 Å². The van der Waals surface area contributed by atoms with Crippen LogP contribution in [0.3, 0.4) is 0 Å². The summed E-state index contributed by atoms with van der Waals surface area (Å²) in [6.07, 6.45) is -0.480. The number of ether oxygens (including phenoxy) is 4. The van der Waals surface area contributed by atoms with Crippen LogP contribution < -0.4 is 20.7 Å². The second-order valence-electron chi connectivity index (χ2n) is 4.07. The molecule has 0 aromatic heterocycles. The topological polar surface area (TPSA) is 75.0 Å². The van der Waals surface area contributed by atoms with Crippen molar-refractivity contribution in [1.82, 2.24) is 5.43 Å². The van der Waals surface area contributed by atoms with Gasteiger partial charge in [0.1, 0.15) is 11.5 Å². The van der Waals surface area contributed by atoms with Gasteiger partial charge < -0.3 is 18.9 Å². The monoisotopic (exact) mass is 284 g/mol. The molecule has 0 bridgehead atoms. The van der Waals surface area contributed by atoms with E-state index in [0.29, 0.717) is 24.7 Å². The zero-order valence-corrected chi connectivity index (χ0v) is 12.5. The number of rotatable bonds is 9. The third-order valence-corrected chi connectivity index (χ3v) is 2.85. The maximum Gasteiger partial charge on any atom is 0.178 e. The van der Waals surface area contributed by atoms with Crippen molar-refractivity contribution in [3.05, 3.63) is 23.8 Å². The van der Waals surface area contributed by atoms with Gasteiger partial charge in [-0.3, -0.25) is 5.84 Å². The summed E-state index contributed by atoms with van der Waals surface area (Å²) in [6, 6.07) is 5.22. The number of hydrogen-bond acceptors (Lipinski definition) is 6. The van der Waals surface area contributed by atoms with Gasteiger partial charge in [-0.15, -0.1) is 0 Å². The second-order valence-corrected chi connectivity index (χ2v) is 4.07. The molecule has 3 N–H and O–H groups in total. The maximum atomic E-state index is 5.66. The van der Waals surface area contributed by atoms with Gasteiger partial charge in [-0.25, -0.2) is 5.43 Å². The molecule has 0 saturated heterocycles. The minimum absolute atomic E-state index is 0.320. The Morgan fingerprint density at radius 2 is 1.50 bits per heavy atom. The first-order valence-electron chi connectivity index (χ1n) is 6.62. The quantitative estimate of drug-likeness (QED) is 0.408. The SMILES string of the molecule is CCOC(OCC)C(NN)c1cc(OC)cc(OC)c1. The summed E-state index contributed by atoms with van der Waals surface area (Å²) < 4.78 is 21.7. The number of nitrogens with one attached hydrogen (secondary N) is 1. The smallest absolute Gasteiger partial charge is 0.178 e. The van der Waals surface area contributed by atoms with E-state index in [9.17, 15) is 0 Å². The van der Waals surface area contributed by atoms with Crippen molar-refractivity contribution < 1.29 is 18.9 Å². The van der Waals surface area contributed by atoms with Crippen molar-refractivity contribution in [3.63, 3.8) is 0 Å². The lowest BCUT2D eigenvalue weighted by molar-refractivity contribution is -0.155. The molecule has 6 heteroatoms. The molecule has 1 aromatic rings. The summed E-state index contributed by atoms with van der Waals surface area (Å²) >= 11 is 0. The molecule has 0 aliphatic rings. The highest BCUT2D eigenvalue weighted by molar-refractivity contribution is 5.40. The number of methoxy groups -OCH3 is 2. The van der Waals surface area contributed by atoms with Crippen LogP contribution >= 0.6 is 0 Å². The van der Waals surface area contributed by atoms with Crippen molar-refractivity contribution in [3.8, 4) is 11.5 Å². The minimum Gasteiger partial charge on any atom is -0.497 e. The van der Waals surface area contributed by atoms with Gasteiger partial charge in [0, 0.05) is 19.3 Å². The van der Waals surface area contributed by atoms with Crippen molar-refractivity contribution in [1.29, 1.82) is 0 Å². The first-order valence-corrected chi connectivity index (χ1v) is 6.62. The Kier molecular flexibility index (Phi) is 7.32. The highest BCUT2D eigenvalue weighted by atomic mass is 16.7. The van der Waals surface area contributed by atoms with Crippen LogP contribution in [0.1, 0.15) is 25.5 Å². The number of benzene rings is 1. The average molecular weight is 284 g/mol. The fraction of sp³-hybridized carbons (Fsp3) is 0.571. The number of hydrogen-bond donors (Lipinski definition) is 2. The Bertz CT molecular complexity index is 373. The van der Waals surface area contributed by atoms with Crippen LogP contribution in [-0.2, 0) is 9.47 Å². The summed E-state index contributed by atoms with van der Waals surface area (Å²) in [6.45, 7) is 4.88. The van der Waals surface area contributed by atoms with Gasteiger partial charge in [-0.1, -0.05) is 0 Å². The highest BCUT2D eigenvalue weighted by Gasteiger charge is 2.24. The molecule has 0 aliphatic carbocycles. The molecular weight excluding hydrogens is 260 g/mol. The van der Waals surface area contributed by atoms with E-state index < -0.39 is 6.29 Å². The zero-order valence-electron chi connectivity index (χ0n) is 12.5. The highest BCUT2D eigenvalue weighted by Crippen LogP contribution is 2.28. The molecule has 0 saturated carbocycles. The van der Waals surface area contributed by atoms with E-state index in [0.717, 1.165) is 5.56 Å². The van der Waals surface area contributed by atoms with E-state index >= 15 is 0 Å². The van der Waals surface area contributed by atoms with Crippen molar-refractivity contribution in [2.24, 2.45) is 5.84 Å². The Balaban J connectivity index is 3.08. The van der Waals surface area contributed by atoms with Crippen LogP contribution in [0.5, 0.6) is 11.5 Å². The van der Waals surface area contributed by atoms with Crippen LogP contribution in [-0.4, -0.2) is 33.7 Å². The molecule has 1 aromatic carbocycles. The molecule has 1 rings (SSSR count). The lowest BCUT2D eigenvalue weighted by Crippen LogP contribution is -2.39. The van der Waals surface area contributed by atoms with E-state index in [1.54, 1.807) is 20.3 Å². The van der Waals surface area contributed by atoms with Crippen molar-refractivity contribution in [2.75, 3.05) is 27.4 Å². The third kappa shape index (κ3) is 4.35. The fourth-order valence-corrected chi connectivity index (χ4v) is 1.91. The van der Waals surface area contributed by atoms with Crippen LogP contribution in [0.4, 0.5) is 0 Å². The lowest BCUT2D eigenvalue weighted by Gasteiger charge is -2.27. The molecule has 0 aliphatic heterocycles. The molecule has 1 unspecified atom stereocenters. The largest absolute Gasteiger partial charge is 0.497 e. The van der Waals surface area contributed by atoms with E-state index in [-0.39, 0.29) is 6.04 Å². The molecule has 0 fully saturated rings. The van der Waals surface area contributed by atoms with Crippen molar-refractivity contribution >= 4 is 0 Å². The van der Waals surface area contributed by atoms with E-state index in [1.165, 1.54) is 0 Å². The normalized spacial score (nSPS) is 12.5. The molecule has 0 spiro atoms. The molecule has 0 heterocycles. The predicted molar refractivity (Wildman–Crippen MR) is 76.7 cm³/mol. The van der Waals surface area contributed by atoms with Gasteiger partial charge in [0.25, 0.3) is 0 Å². The standard InChI is InChI=1S/C14H24N2O4/c1-5-19-14(20-6-2)13(16-15)10-7-11(17-3)9-12(8-10)18-4/h7-9,13-14,16H,5-6,15H2,1-4H3. The van der Waals surface area contributed by atoms with E-state index in [4.69, 9.17) is 24.8 Å². The van der Waals surface area contributed by atoms with E-state index in [2.05, 4.69) is 5.43 Å². The molecule has 0 radical (unpaired) electrons. The summed E-state index contributed by atoms with van der Waals surface area (Å²) in [5.41, 5.74) is 3.60. The number of hydrazine groups is 1.